The molecule has 2 heterocycles. The van der Waals surface area contributed by atoms with Crippen molar-refractivity contribution < 1.29 is 85.1 Å². The van der Waals surface area contributed by atoms with Crippen LogP contribution in [0.15, 0.2) is 82.8 Å². The van der Waals surface area contributed by atoms with E-state index in [2.05, 4.69) is 20.2 Å². The monoisotopic (exact) mass is 514 g/mol. The Balaban J connectivity index is 0.00000204. The number of nitrogens with zero attached hydrogens (tertiary/aromatic N) is 4. The van der Waals surface area contributed by atoms with Crippen LogP contribution < -0.4 is 59.1 Å². The largest absolute Gasteiger partial charge is 1.00 e. The Labute approximate surface area is 240 Å². The quantitative estimate of drug-likeness (QED) is 0.190. The molecular formula is C20H12N4Na2O6S2. The third kappa shape index (κ3) is 6.76. The van der Waals surface area contributed by atoms with E-state index < -0.39 is 20.2 Å². The van der Waals surface area contributed by atoms with Crippen molar-refractivity contribution in [1.82, 2.24) is 20.2 Å². The molecule has 0 amide bonds. The first-order valence-corrected chi connectivity index (χ1v) is 11.7. The molecule has 0 radical (unpaired) electrons. The van der Waals surface area contributed by atoms with E-state index in [0.717, 1.165) is 0 Å². The number of rotatable bonds is 5. The molecule has 0 spiro atoms. The second-order valence-corrected chi connectivity index (χ2v) is 9.31. The van der Waals surface area contributed by atoms with Gasteiger partial charge in [-0.1, -0.05) is 30.3 Å². The van der Waals surface area contributed by atoms with Crippen LogP contribution >= 0.6 is 0 Å². The Bertz CT molecular complexity index is 1500. The Kier molecular flexibility index (Phi) is 9.64. The van der Waals surface area contributed by atoms with Crippen LogP contribution in [-0.4, -0.2) is 46.1 Å². The van der Waals surface area contributed by atoms with Gasteiger partial charge in [-0.15, -0.1) is 5.10 Å². The molecule has 0 aliphatic rings. The normalized spacial score (nSPS) is 11.2. The van der Waals surface area contributed by atoms with E-state index in [-0.39, 0.29) is 74.7 Å². The minimum Gasteiger partial charge on any atom is -0.744 e. The number of pyridine rings is 1. The summed E-state index contributed by atoms with van der Waals surface area (Å²) in [6.07, 6.45) is 2.93. The van der Waals surface area contributed by atoms with E-state index in [0.29, 0.717) is 28.1 Å². The first-order valence-electron chi connectivity index (χ1n) is 8.90. The minimum atomic E-state index is -4.54. The number of hydrogen-bond acceptors (Lipinski definition) is 10. The van der Waals surface area contributed by atoms with Crippen LogP contribution in [-0.2, 0) is 20.2 Å². The van der Waals surface area contributed by atoms with Gasteiger partial charge in [0, 0.05) is 17.3 Å². The second kappa shape index (κ2) is 11.4. The average Bonchev–Trinajstić information content (AvgIpc) is 2.78. The van der Waals surface area contributed by atoms with Gasteiger partial charge in [0.15, 0.2) is 0 Å². The molecule has 0 N–H and O–H groups in total. The van der Waals surface area contributed by atoms with Crippen LogP contribution in [0.25, 0.3) is 33.9 Å². The van der Waals surface area contributed by atoms with Gasteiger partial charge in [-0.05, 0) is 35.9 Å². The van der Waals surface area contributed by atoms with Crippen LogP contribution in [0.4, 0.5) is 0 Å². The molecular weight excluding hydrogens is 502 g/mol. The molecule has 0 atom stereocenters. The minimum absolute atomic E-state index is 0. The van der Waals surface area contributed by atoms with Crippen LogP contribution in [0.1, 0.15) is 0 Å². The summed E-state index contributed by atoms with van der Waals surface area (Å²) in [5.74, 6) is 0.224. The predicted octanol–water partition coefficient (Wildman–Crippen LogP) is -3.92. The Morgan fingerprint density at radius 2 is 1.09 bits per heavy atom. The van der Waals surface area contributed by atoms with Crippen LogP contribution in [0.3, 0.4) is 0 Å². The predicted molar refractivity (Wildman–Crippen MR) is 110 cm³/mol. The molecule has 34 heavy (non-hydrogen) atoms. The van der Waals surface area contributed by atoms with Crippen molar-refractivity contribution in [2.75, 3.05) is 0 Å². The van der Waals surface area contributed by atoms with Crippen molar-refractivity contribution in [1.29, 1.82) is 0 Å². The molecule has 4 aromatic rings. The maximum atomic E-state index is 11.1. The van der Waals surface area contributed by atoms with Crippen molar-refractivity contribution in [3.63, 3.8) is 0 Å². The van der Waals surface area contributed by atoms with Crippen LogP contribution in [0.2, 0.25) is 0 Å². The van der Waals surface area contributed by atoms with Crippen LogP contribution in [0.5, 0.6) is 0 Å². The third-order valence-corrected chi connectivity index (χ3v) is 6.17. The summed E-state index contributed by atoms with van der Waals surface area (Å²) in [6.45, 7) is 0. The molecule has 2 aromatic heterocycles. The van der Waals surface area contributed by atoms with Gasteiger partial charge in [-0.25, -0.2) is 21.8 Å². The van der Waals surface area contributed by atoms with Gasteiger partial charge in [0.25, 0.3) is 0 Å². The average molecular weight is 514 g/mol. The van der Waals surface area contributed by atoms with Crippen LogP contribution in [0, 0.1) is 0 Å². The first kappa shape index (κ1) is 28.7. The molecule has 4 rings (SSSR count). The molecule has 0 unspecified atom stereocenters. The van der Waals surface area contributed by atoms with Gasteiger partial charge in [0.2, 0.25) is 5.82 Å². The van der Waals surface area contributed by atoms with Gasteiger partial charge in [0.1, 0.15) is 25.9 Å². The molecule has 0 aliphatic carbocycles. The van der Waals surface area contributed by atoms with Crippen molar-refractivity contribution in [3.05, 3.63) is 73.1 Å². The Morgan fingerprint density at radius 1 is 0.588 bits per heavy atom. The molecule has 0 aliphatic heterocycles. The summed E-state index contributed by atoms with van der Waals surface area (Å²) in [4.78, 5) is 8.03. The van der Waals surface area contributed by atoms with E-state index in [1.165, 1.54) is 54.7 Å². The zero-order chi connectivity index (χ0) is 22.9. The smallest absolute Gasteiger partial charge is 0.744 e. The summed E-state index contributed by atoms with van der Waals surface area (Å²) in [6, 6.07) is 14.1. The number of aromatic nitrogens is 4. The number of hydrogen-bond donors (Lipinski definition) is 0. The van der Waals surface area contributed by atoms with E-state index in [4.69, 9.17) is 0 Å². The molecule has 162 valence electrons. The van der Waals surface area contributed by atoms with Crippen molar-refractivity contribution in [3.8, 4) is 33.9 Å². The molecule has 0 saturated heterocycles. The Morgan fingerprint density at radius 3 is 1.56 bits per heavy atom. The second-order valence-electron chi connectivity index (χ2n) is 6.55. The van der Waals surface area contributed by atoms with Gasteiger partial charge >= 0.3 is 59.1 Å². The van der Waals surface area contributed by atoms with Crippen molar-refractivity contribution in [2.24, 2.45) is 0 Å². The fraction of sp³-hybridized carbons (Fsp3) is 0. The summed E-state index contributed by atoms with van der Waals surface area (Å²) in [7, 11) is -9.06. The van der Waals surface area contributed by atoms with E-state index in [1.54, 1.807) is 18.3 Å². The van der Waals surface area contributed by atoms with E-state index in [1.807, 2.05) is 0 Å². The first-order chi connectivity index (χ1) is 15.1. The van der Waals surface area contributed by atoms with Gasteiger partial charge in [-0.2, -0.15) is 5.10 Å². The summed E-state index contributed by atoms with van der Waals surface area (Å²) in [5, 5.41) is 7.86. The zero-order valence-electron chi connectivity index (χ0n) is 18.0. The summed E-state index contributed by atoms with van der Waals surface area (Å²) < 4.78 is 66.3. The molecule has 10 nitrogen and oxygen atoms in total. The third-order valence-electron chi connectivity index (χ3n) is 4.47. The molecule has 2 aromatic carbocycles. The van der Waals surface area contributed by atoms with Gasteiger partial charge in [-0.3, -0.25) is 4.98 Å². The SMILES string of the molecule is O=S(=O)([O-])c1ccc(-c2ccc(-c3nncc(-c4ccc(S(=O)(=O)[O-])cc4)n3)nc2)cc1.[Na+].[Na+]. The van der Waals surface area contributed by atoms with Gasteiger partial charge < -0.3 is 9.11 Å². The molecule has 0 fully saturated rings. The topological polar surface area (TPSA) is 166 Å². The zero-order valence-corrected chi connectivity index (χ0v) is 23.6. The van der Waals surface area contributed by atoms with Crippen molar-refractivity contribution >= 4 is 20.2 Å². The summed E-state index contributed by atoms with van der Waals surface area (Å²) >= 11 is 0. The fourth-order valence-electron chi connectivity index (χ4n) is 2.85. The fourth-order valence-corrected chi connectivity index (χ4v) is 3.79. The molecule has 14 heteroatoms. The van der Waals surface area contributed by atoms with Crippen molar-refractivity contribution in [2.45, 2.75) is 9.79 Å². The molecule has 0 saturated carbocycles. The summed E-state index contributed by atoms with van der Waals surface area (Å²) in [5.41, 5.74) is 2.71. The van der Waals surface area contributed by atoms with Gasteiger partial charge in [0.05, 0.1) is 21.7 Å². The standard InChI is InChI=1S/C20H14N4O6S2.2Na/c25-31(26,27)16-6-1-13(2-7-16)15-5-10-18(21-11-15)20-23-19(12-22-24-20)14-3-8-17(9-4-14)32(28,29)30;;/h1-12H,(H,25,26,27)(H,28,29,30);;/q;2*+1/p-2. The van der Waals surface area contributed by atoms with E-state index in [9.17, 15) is 25.9 Å². The maximum Gasteiger partial charge on any atom is 1.00 e. The maximum absolute atomic E-state index is 11.1. The molecule has 0 bridgehead atoms. The van der Waals surface area contributed by atoms with E-state index >= 15 is 0 Å². The number of benzene rings is 2. The Hall–Kier alpha value is -1.58.